The molecule has 1 aromatic heterocycles. The molecule has 0 aliphatic carbocycles. The molecule has 1 aliphatic heterocycles. The number of nitrogens with zero attached hydrogens (tertiary/aromatic N) is 2. The lowest BCUT2D eigenvalue weighted by Gasteiger charge is -2.15. The summed E-state index contributed by atoms with van der Waals surface area (Å²) >= 11 is 1.65. The summed E-state index contributed by atoms with van der Waals surface area (Å²) in [4.78, 5) is 12.3. The number of para-hydroxylation sites is 1. The molecular formula is C20H19N3OS. The van der Waals surface area contributed by atoms with Crippen molar-refractivity contribution in [3.63, 3.8) is 0 Å². The maximum atomic E-state index is 12.3. The minimum atomic E-state index is 0.0133. The molecular weight excluding hydrogens is 330 g/mol. The quantitative estimate of drug-likeness (QED) is 0.752. The lowest BCUT2D eigenvalue weighted by molar-refractivity contribution is -0.113. The van der Waals surface area contributed by atoms with Crippen LogP contribution in [0.2, 0.25) is 0 Å². The van der Waals surface area contributed by atoms with Crippen LogP contribution < -0.4 is 5.32 Å². The van der Waals surface area contributed by atoms with Crippen LogP contribution in [0.5, 0.6) is 0 Å². The van der Waals surface area contributed by atoms with Crippen LogP contribution in [0, 0.1) is 13.8 Å². The third-order valence-electron chi connectivity index (χ3n) is 4.45. The van der Waals surface area contributed by atoms with Gasteiger partial charge >= 0.3 is 0 Å². The maximum Gasteiger partial charge on any atom is 0.235 e. The molecule has 2 heterocycles. The van der Waals surface area contributed by atoms with Gasteiger partial charge < -0.3 is 5.32 Å². The smallest absolute Gasteiger partial charge is 0.235 e. The van der Waals surface area contributed by atoms with Crippen LogP contribution in [0.3, 0.4) is 0 Å². The van der Waals surface area contributed by atoms with Crippen molar-refractivity contribution in [3.05, 3.63) is 77.0 Å². The van der Waals surface area contributed by atoms with E-state index in [2.05, 4.69) is 30.4 Å². The zero-order chi connectivity index (χ0) is 17.4. The summed E-state index contributed by atoms with van der Waals surface area (Å²) in [6.45, 7) is 4.07. The second-order valence-corrected chi connectivity index (χ2v) is 7.29. The Bertz CT molecular complexity index is 933. The molecule has 1 aliphatic rings. The van der Waals surface area contributed by atoms with Crippen LogP contribution in [0.25, 0.3) is 5.69 Å². The van der Waals surface area contributed by atoms with Gasteiger partial charge in [-0.05, 0) is 31.0 Å². The van der Waals surface area contributed by atoms with Gasteiger partial charge in [-0.25, -0.2) is 4.68 Å². The molecule has 1 atom stereocenters. The van der Waals surface area contributed by atoms with Gasteiger partial charge in [0.2, 0.25) is 5.91 Å². The fourth-order valence-corrected chi connectivity index (χ4v) is 4.44. The number of amides is 1. The maximum absolute atomic E-state index is 12.3. The predicted octanol–water partition coefficient (Wildman–Crippen LogP) is 4.26. The third-order valence-corrected chi connectivity index (χ3v) is 5.72. The summed E-state index contributed by atoms with van der Waals surface area (Å²) in [5, 5.41) is 7.93. The van der Waals surface area contributed by atoms with Crippen molar-refractivity contribution in [3.8, 4) is 5.69 Å². The minimum Gasteiger partial charge on any atom is -0.310 e. The van der Waals surface area contributed by atoms with Gasteiger partial charge in [-0.3, -0.25) is 4.79 Å². The van der Waals surface area contributed by atoms with Crippen LogP contribution in [-0.4, -0.2) is 21.4 Å². The Hall–Kier alpha value is -2.53. The van der Waals surface area contributed by atoms with E-state index in [1.54, 1.807) is 11.8 Å². The fourth-order valence-electron chi connectivity index (χ4n) is 3.25. The van der Waals surface area contributed by atoms with E-state index in [0.29, 0.717) is 5.75 Å². The first kappa shape index (κ1) is 16.0. The largest absolute Gasteiger partial charge is 0.310 e. The van der Waals surface area contributed by atoms with E-state index < -0.39 is 0 Å². The highest BCUT2D eigenvalue weighted by molar-refractivity contribution is 8.00. The van der Waals surface area contributed by atoms with Gasteiger partial charge in [0.1, 0.15) is 5.82 Å². The van der Waals surface area contributed by atoms with Gasteiger partial charge in [0, 0.05) is 5.56 Å². The first-order valence-corrected chi connectivity index (χ1v) is 9.32. The molecule has 4 nitrogen and oxygen atoms in total. The summed E-state index contributed by atoms with van der Waals surface area (Å²) in [7, 11) is 0. The number of aromatic nitrogens is 2. The second-order valence-electron chi connectivity index (χ2n) is 6.20. The van der Waals surface area contributed by atoms with Crippen LogP contribution in [0.15, 0.2) is 54.6 Å². The Kier molecular flexibility index (Phi) is 4.09. The van der Waals surface area contributed by atoms with Gasteiger partial charge in [-0.2, -0.15) is 5.10 Å². The Morgan fingerprint density at radius 3 is 2.56 bits per heavy atom. The summed E-state index contributed by atoms with van der Waals surface area (Å²) in [5.41, 5.74) is 5.34. The van der Waals surface area contributed by atoms with Gasteiger partial charge in [-0.1, -0.05) is 48.5 Å². The normalized spacial score (nSPS) is 16.9. The molecule has 0 saturated heterocycles. The minimum absolute atomic E-state index is 0.0133. The Morgan fingerprint density at radius 1 is 1.08 bits per heavy atom. The van der Waals surface area contributed by atoms with Gasteiger partial charge in [0.05, 0.1) is 22.4 Å². The SMILES string of the molecule is Cc1ccccc1-n1nc(C)c2c1NC(=O)CS[C@@H]2c1ccccc1. The number of nitrogens with one attached hydrogen (secondary N) is 1. The molecule has 0 spiro atoms. The Balaban J connectivity index is 1.93. The van der Waals surface area contributed by atoms with Crippen LogP contribution >= 0.6 is 11.8 Å². The van der Waals surface area contributed by atoms with E-state index in [1.807, 2.05) is 48.0 Å². The number of aryl methyl sites for hydroxylation is 2. The fraction of sp³-hybridized carbons (Fsp3) is 0.200. The number of benzene rings is 2. The first-order valence-electron chi connectivity index (χ1n) is 8.27. The van der Waals surface area contributed by atoms with E-state index in [-0.39, 0.29) is 11.2 Å². The zero-order valence-corrected chi connectivity index (χ0v) is 15.0. The molecule has 2 aromatic carbocycles. The van der Waals surface area contributed by atoms with Gasteiger partial charge in [0.25, 0.3) is 0 Å². The Morgan fingerprint density at radius 2 is 1.80 bits per heavy atom. The molecule has 0 bridgehead atoms. The van der Waals surface area contributed by atoms with Crippen molar-refractivity contribution in [1.82, 2.24) is 9.78 Å². The third kappa shape index (κ3) is 2.85. The molecule has 0 saturated carbocycles. The lowest BCUT2D eigenvalue weighted by Crippen LogP contribution is -2.16. The van der Waals surface area contributed by atoms with E-state index in [9.17, 15) is 4.79 Å². The average Bonchev–Trinajstić information content (AvgIpc) is 2.82. The number of carbonyl (C=O) groups is 1. The number of rotatable bonds is 2. The highest BCUT2D eigenvalue weighted by Crippen LogP contribution is 2.43. The molecule has 3 aromatic rings. The summed E-state index contributed by atoms with van der Waals surface area (Å²) in [5.74, 6) is 1.23. The molecule has 1 N–H and O–H groups in total. The molecule has 126 valence electrons. The highest BCUT2D eigenvalue weighted by Gasteiger charge is 2.30. The van der Waals surface area contributed by atoms with E-state index in [1.165, 1.54) is 5.56 Å². The van der Waals surface area contributed by atoms with Gasteiger partial charge in [-0.15, -0.1) is 11.8 Å². The summed E-state index contributed by atoms with van der Waals surface area (Å²) in [6.07, 6.45) is 0. The second kappa shape index (κ2) is 6.41. The van der Waals surface area contributed by atoms with Crippen molar-refractivity contribution in [2.75, 3.05) is 11.1 Å². The molecule has 0 unspecified atom stereocenters. The molecule has 1 amide bonds. The van der Waals surface area contributed by atoms with Crippen LogP contribution in [0.1, 0.15) is 27.6 Å². The topological polar surface area (TPSA) is 46.9 Å². The molecule has 5 heteroatoms. The number of carbonyl (C=O) groups excluding carboxylic acids is 1. The predicted molar refractivity (Wildman–Crippen MR) is 102 cm³/mol. The zero-order valence-electron chi connectivity index (χ0n) is 14.2. The number of fused-ring (bicyclic) bond motifs is 1. The molecule has 4 rings (SSSR count). The number of hydrogen-bond donors (Lipinski definition) is 1. The van der Waals surface area contributed by atoms with Gasteiger partial charge in [0.15, 0.2) is 0 Å². The monoisotopic (exact) mass is 349 g/mol. The molecule has 0 radical (unpaired) electrons. The van der Waals surface area contributed by atoms with Crippen molar-refractivity contribution in [2.24, 2.45) is 0 Å². The molecule has 0 fully saturated rings. The lowest BCUT2D eigenvalue weighted by atomic mass is 10.0. The first-order chi connectivity index (χ1) is 12.1. The van der Waals surface area contributed by atoms with Crippen molar-refractivity contribution < 1.29 is 4.79 Å². The van der Waals surface area contributed by atoms with Crippen molar-refractivity contribution in [1.29, 1.82) is 0 Å². The number of thioether (sulfide) groups is 1. The Labute approximate surface area is 151 Å². The summed E-state index contributed by atoms with van der Waals surface area (Å²) in [6, 6.07) is 18.4. The number of hydrogen-bond acceptors (Lipinski definition) is 3. The standard InChI is InChI=1S/C20H19N3OS/c1-13-8-6-7-11-16(13)23-20-18(14(2)22-23)19(25-12-17(24)21-20)15-9-4-3-5-10-15/h3-11,19H,12H2,1-2H3,(H,21,24)/t19-/m1/s1. The highest BCUT2D eigenvalue weighted by atomic mass is 32.2. The average molecular weight is 349 g/mol. The van der Waals surface area contributed by atoms with E-state index in [0.717, 1.165) is 28.3 Å². The van der Waals surface area contributed by atoms with E-state index in [4.69, 9.17) is 5.10 Å². The molecule has 25 heavy (non-hydrogen) atoms. The summed E-state index contributed by atoms with van der Waals surface area (Å²) < 4.78 is 1.87. The van der Waals surface area contributed by atoms with Crippen molar-refractivity contribution >= 4 is 23.5 Å². The van der Waals surface area contributed by atoms with Crippen molar-refractivity contribution in [2.45, 2.75) is 19.1 Å². The van der Waals surface area contributed by atoms with E-state index >= 15 is 0 Å². The van der Waals surface area contributed by atoms with Crippen LogP contribution in [-0.2, 0) is 4.79 Å². The van der Waals surface area contributed by atoms with Crippen LogP contribution in [0.4, 0.5) is 5.82 Å². The number of anilines is 1.